The van der Waals surface area contributed by atoms with Gasteiger partial charge in [0.1, 0.15) is 24.1 Å². The molecule has 1 N–H and O–H groups in total. The molecule has 2 rings (SSSR count). The van der Waals surface area contributed by atoms with Crippen molar-refractivity contribution in [3.05, 3.63) is 57.8 Å². The van der Waals surface area contributed by atoms with Gasteiger partial charge in [-0.1, -0.05) is 22.0 Å². The lowest BCUT2D eigenvalue weighted by Gasteiger charge is -2.14. The molecule has 1 heterocycles. The summed E-state index contributed by atoms with van der Waals surface area (Å²) in [6.07, 6.45) is 0.971. The smallest absolute Gasteiger partial charge is 0.140 e. The summed E-state index contributed by atoms with van der Waals surface area (Å²) >= 11 is 3.38. The van der Waals surface area contributed by atoms with Crippen LogP contribution in [0.25, 0.3) is 0 Å². The predicted octanol–water partition coefficient (Wildman–Crippen LogP) is 3.35. The monoisotopic (exact) mass is 332 g/mol. The maximum atomic E-state index is 9.73. The minimum atomic E-state index is -0.606. The molecule has 0 amide bonds. The first-order valence-corrected chi connectivity index (χ1v) is 6.85. The van der Waals surface area contributed by atoms with Crippen LogP contribution < -0.4 is 4.74 Å². The van der Waals surface area contributed by atoms with Gasteiger partial charge in [0.05, 0.1) is 6.10 Å². The predicted molar refractivity (Wildman–Crippen MR) is 78.1 cm³/mol. The average Bonchev–Trinajstić information content (AvgIpc) is 2.45. The first kappa shape index (κ1) is 14.5. The molecule has 0 bridgehead atoms. The van der Waals surface area contributed by atoms with Crippen LogP contribution in [0.1, 0.15) is 29.8 Å². The number of hydrogen-bond acceptors (Lipinski definition) is 4. The Balaban J connectivity index is 2.18. The number of aliphatic hydroxyl groups is 1. The van der Waals surface area contributed by atoms with E-state index in [4.69, 9.17) is 10.00 Å². The Bertz CT molecular complexity index is 651. The molecule has 5 heteroatoms. The molecular formula is C15H13BrN2O2. The van der Waals surface area contributed by atoms with Crippen LogP contribution >= 0.6 is 15.9 Å². The minimum Gasteiger partial charge on any atom is -0.488 e. The molecule has 2 aromatic rings. The summed E-state index contributed by atoms with van der Waals surface area (Å²) in [4.78, 5) is 3.91. The molecule has 0 spiro atoms. The van der Waals surface area contributed by atoms with E-state index < -0.39 is 6.10 Å². The highest BCUT2D eigenvalue weighted by Gasteiger charge is 2.10. The number of pyridine rings is 1. The summed E-state index contributed by atoms with van der Waals surface area (Å²) in [5, 5.41) is 18.5. The van der Waals surface area contributed by atoms with Gasteiger partial charge in [-0.15, -0.1) is 0 Å². The summed E-state index contributed by atoms with van der Waals surface area (Å²) in [5.41, 5.74) is 1.94. The first-order chi connectivity index (χ1) is 9.60. The van der Waals surface area contributed by atoms with Crippen molar-refractivity contribution >= 4 is 15.9 Å². The highest BCUT2D eigenvalue weighted by Crippen LogP contribution is 2.29. The molecule has 0 aliphatic carbocycles. The van der Waals surface area contributed by atoms with Crippen LogP contribution in [0.5, 0.6) is 5.75 Å². The molecule has 4 nitrogen and oxygen atoms in total. The van der Waals surface area contributed by atoms with Crippen LogP contribution in [-0.2, 0) is 6.61 Å². The zero-order valence-electron chi connectivity index (χ0n) is 10.9. The van der Waals surface area contributed by atoms with Gasteiger partial charge in [-0.3, -0.25) is 0 Å². The number of aliphatic hydroxyl groups excluding tert-OH is 1. The number of hydrogen-bond donors (Lipinski definition) is 1. The van der Waals surface area contributed by atoms with Crippen molar-refractivity contribution in [2.24, 2.45) is 0 Å². The fraction of sp³-hybridized carbons (Fsp3) is 0.200. The van der Waals surface area contributed by atoms with Crippen molar-refractivity contribution in [3.8, 4) is 11.8 Å². The third-order valence-electron chi connectivity index (χ3n) is 2.76. The van der Waals surface area contributed by atoms with Crippen molar-refractivity contribution < 1.29 is 9.84 Å². The highest BCUT2D eigenvalue weighted by atomic mass is 79.9. The van der Waals surface area contributed by atoms with Gasteiger partial charge >= 0.3 is 0 Å². The summed E-state index contributed by atoms with van der Waals surface area (Å²) in [5.74, 6) is 0.615. The van der Waals surface area contributed by atoms with Gasteiger partial charge in [0, 0.05) is 16.2 Å². The van der Waals surface area contributed by atoms with E-state index in [0.29, 0.717) is 18.1 Å². The fourth-order valence-electron chi connectivity index (χ4n) is 1.76. The third kappa shape index (κ3) is 3.56. The molecule has 1 aromatic heterocycles. The van der Waals surface area contributed by atoms with Gasteiger partial charge < -0.3 is 9.84 Å². The quantitative estimate of drug-likeness (QED) is 0.932. The number of nitriles is 1. The Kier molecular flexibility index (Phi) is 4.72. The number of rotatable bonds is 4. The molecule has 1 aromatic carbocycles. The third-order valence-corrected chi connectivity index (χ3v) is 3.25. The van der Waals surface area contributed by atoms with Crippen LogP contribution in [0.4, 0.5) is 0 Å². The van der Waals surface area contributed by atoms with Crippen LogP contribution in [0.15, 0.2) is 41.0 Å². The second-order valence-electron chi connectivity index (χ2n) is 4.31. The van der Waals surface area contributed by atoms with Gasteiger partial charge in [0.15, 0.2) is 0 Å². The van der Waals surface area contributed by atoms with E-state index in [9.17, 15) is 5.11 Å². The molecule has 20 heavy (non-hydrogen) atoms. The summed E-state index contributed by atoms with van der Waals surface area (Å²) in [6.45, 7) is 2.00. The summed E-state index contributed by atoms with van der Waals surface area (Å²) in [6, 6.07) is 11.0. The van der Waals surface area contributed by atoms with E-state index in [2.05, 4.69) is 20.9 Å². The molecule has 102 valence electrons. The Labute approximate surface area is 125 Å². The van der Waals surface area contributed by atoms with E-state index in [1.165, 1.54) is 0 Å². The molecule has 0 unspecified atom stereocenters. The van der Waals surface area contributed by atoms with Crippen molar-refractivity contribution in [2.75, 3.05) is 0 Å². The zero-order chi connectivity index (χ0) is 14.5. The van der Waals surface area contributed by atoms with E-state index in [-0.39, 0.29) is 0 Å². The van der Waals surface area contributed by atoms with Crippen molar-refractivity contribution in [1.29, 1.82) is 5.26 Å². The number of ether oxygens (including phenoxy) is 1. The molecule has 0 fully saturated rings. The lowest BCUT2D eigenvalue weighted by Crippen LogP contribution is -2.01. The number of benzene rings is 1. The molecule has 0 aliphatic rings. The normalized spacial score (nSPS) is 11.7. The van der Waals surface area contributed by atoms with Crippen molar-refractivity contribution in [1.82, 2.24) is 4.98 Å². The lowest BCUT2D eigenvalue weighted by atomic mass is 10.1. The summed E-state index contributed by atoms with van der Waals surface area (Å²) in [7, 11) is 0. The van der Waals surface area contributed by atoms with Gasteiger partial charge in [-0.05, 0) is 36.8 Å². The molecule has 0 aliphatic heterocycles. The van der Waals surface area contributed by atoms with Gasteiger partial charge in [0.2, 0.25) is 0 Å². The average molecular weight is 333 g/mol. The molecular weight excluding hydrogens is 320 g/mol. The van der Waals surface area contributed by atoms with Gasteiger partial charge in [-0.25, -0.2) is 4.98 Å². The van der Waals surface area contributed by atoms with Crippen molar-refractivity contribution in [2.45, 2.75) is 19.6 Å². The van der Waals surface area contributed by atoms with E-state index in [0.717, 1.165) is 15.6 Å². The lowest BCUT2D eigenvalue weighted by molar-refractivity contribution is 0.190. The number of aromatic nitrogens is 1. The first-order valence-electron chi connectivity index (χ1n) is 6.05. The Morgan fingerprint density at radius 2 is 2.20 bits per heavy atom. The topological polar surface area (TPSA) is 66.1 Å². The number of halogens is 1. The van der Waals surface area contributed by atoms with Crippen LogP contribution in [-0.4, -0.2) is 10.1 Å². The standard InChI is InChI=1S/C15H13BrN2O2/c1-10(19)14-3-2-12(16)7-15(14)20-9-11-4-5-18-13(6-11)8-17/h2-7,10,19H,9H2,1H3/t10-/m0/s1. The maximum absolute atomic E-state index is 9.73. The van der Waals surface area contributed by atoms with E-state index in [1.807, 2.05) is 24.3 Å². The molecule has 0 saturated carbocycles. The Morgan fingerprint density at radius 3 is 2.90 bits per heavy atom. The molecule has 1 atom stereocenters. The maximum Gasteiger partial charge on any atom is 0.140 e. The highest BCUT2D eigenvalue weighted by molar-refractivity contribution is 9.10. The minimum absolute atomic E-state index is 0.313. The molecule has 0 radical (unpaired) electrons. The van der Waals surface area contributed by atoms with Crippen molar-refractivity contribution in [3.63, 3.8) is 0 Å². The van der Waals surface area contributed by atoms with Crippen LogP contribution in [0.2, 0.25) is 0 Å². The Hall–Kier alpha value is -1.90. The van der Waals surface area contributed by atoms with Gasteiger partial charge in [-0.2, -0.15) is 5.26 Å². The van der Waals surface area contributed by atoms with Crippen LogP contribution in [0.3, 0.4) is 0 Å². The van der Waals surface area contributed by atoms with E-state index in [1.54, 1.807) is 25.3 Å². The number of nitrogens with zero attached hydrogens (tertiary/aromatic N) is 2. The van der Waals surface area contributed by atoms with Crippen LogP contribution in [0, 0.1) is 11.3 Å². The SMILES string of the molecule is C[C@H](O)c1ccc(Br)cc1OCc1ccnc(C#N)c1. The second-order valence-corrected chi connectivity index (χ2v) is 5.22. The zero-order valence-corrected chi connectivity index (χ0v) is 12.5. The second kappa shape index (κ2) is 6.51. The largest absolute Gasteiger partial charge is 0.488 e. The summed E-state index contributed by atoms with van der Waals surface area (Å²) < 4.78 is 6.62. The molecule has 0 saturated heterocycles. The van der Waals surface area contributed by atoms with E-state index >= 15 is 0 Å². The fourth-order valence-corrected chi connectivity index (χ4v) is 2.10. The Morgan fingerprint density at radius 1 is 1.40 bits per heavy atom. The van der Waals surface area contributed by atoms with Gasteiger partial charge in [0.25, 0.3) is 0 Å².